The van der Waals surface area contributed by atoms with Crippen LogP contribution in [0.15, 0.2) is 28.8 Å². The van der Waals surface area contributed by atoms with Crippen LogP contribution in [0.3, 0.4) is 0 Å². The molecule has 1 nitrogen and oxygen atoms in total. The monoisotopic (exact) mass is 302 g/mol. The summed E-state index contributed by atoms with van der Waals surface area (Å²) in [6.45, 7) is 0. The van der Waals surface area contributed by atoms with Crippen molar-refractivity contribution in [2.75, 3.05) is 0 Å². The highest BCUT2D eigenvalue weighted by Gasteiger charge is 2.28. The topological polar surface area (TPSA) is 20.2 Å². The molecule has 0 amide bonds. The highest BCUT2D eigenvalue weighted by molar-refractivity contribution is 9.10. The van der Waals surface area contributed by atoms with Crippen LogP contribution in [0.2, 0.25) is 0 Å². The zero-order valence-electron chi connectivity index (χ0n) is 9.22. The lowest BCUT2D eigenvalue weighted by molar-refractivity contribution is 0.0731. The quantitative estimate of drug-likeness (QED) is 0.652. The Hall–Kier alpha value is -0.740. The number of allylic oxidation sites excluding steroid dienone is 1. The summed E-state index contributed by atoms with van der Waals surface area (Å²) >= 11 is 3.02. The Morgan fingerprint density at radius 3 is 2.76 bits per heavy atom. The van der Waals surface area contributed by atoms with Gasteiger partial charge in [-0.3, -0.25) is 0 Å². The molecule has 2 rings (SSSR count). The Balaban J connectivity index is 2.32. The minimum absolute atomic E-state index is 0.0272. The molecule has 0 spiro atoms. The van der Waals surface area contributed by atoms with Gasteiger partial charge < -0.3 is 5.11 Å². The second-order valence-electron chi connectivity index (χ2n) is 4.40. The summed E-state index contributed by atoms with van der Waals surface area (Å²) in [5.41, 5.74) is -1.19. The smallest absolute Gasteiger partial charge is 0.143 e. The SMILES string of the molecule is OC1(Cc2c(F)ccc(Br)c2F)C=CCCC1. The van der Waals surface area contributed by atoms with Crippen molar-refractivity contribution in [2.24, 2.45) is 0 Å². The first kappa shape index (κ1) is 12.7. The second kappa shape index (κ2) is 4.86. The first-order valence-electron chi connectivity index (χ1n) is 5.54. The van der Waals surface area contributed by atoms with Crippen LogP contribution >= 0.6 is 15.9 Å². The van der Waals surface area contributed by atoms with Crippen LogP contribution in [0.1, 0.15) is 24.8 Å². The molecule has 0 bridgehead atoms. The maximum absolute atomic E-state index is 13.8. The minimum Gasteiger partial charge on any atom is -0.385 e. The summed E-state index contributed by atoms with van der Waals surface area (Å²) in [7, 11) is 0. The van der Waals surface area contributed by atoms with Crippen LogP contribution in [0.5, 0.6) is 0 Å². The Morgan fingerprint density at radius 2 is 2.12 bits per heavy atom. The van der Waals surface area contributed by atoms with Crippen LogP contribution in [0.25, 0.3) is 0 Å². The summed E-state index contributed by atoms with van der Waals surface area (Å²) in [4.78, 5) is 0. The largest absolute Gasteiger partial charge is 0.385 e. The predicted molar refractivity (Wildman–Crippen MR) is 65.7 cm³/mol. The first-order chi connectivity index (χ1) is 8.02. The summed E-state index contributed by atoms with van der Waals surface area (Å²) in [5.74, 6) is -1.24. The van der Waals surface area contributed by atoms with E-state index in [-0.39, 0.29) is 16.5 Å². The molecule has 4 heteroatoms. The Bertz CT molecular complexity index is 459. The Kier molecular flexibility index (Phi) is 3.64. The molecule has 1 aliphatic carbocycles. The molecule has 0 fully saturated rings. The molecule has 1 unspecified atom stereocenters. The van der Waals surface area contributed by atoms with Crippen molar-refractivity contribution in [1.82, 2.24) is 0 Å². The van der Waals surface area contributed by atoms with Crippen molar-refractivity contribution in [3.05, 3.63) is 46.0 Å². The lowest BCUT2D eigenvalue weighted by Gasteiger charge is -2.28. The minimum atomic E-state index is -1.12. The molecule has 0 heterocycles. The average molecular weight is 303 g/mol. The lowest BCUT2D eigenvalue weighted by Crippen LogP contribution is -2.31. The van der Waals surface area contributed by atoms with Gasteiger partial charge in [0, 0.05) is 12.0 Å². The number of hydrogen-bond acceptors (Lipinski definition) is 1. The van der Waals surface area contributed by atoms with Crippen molar-refractivity contribution in [3.63, 3.8) is 0 Å². The highest BCUT2D eigenvalue weighted by atomic mass is 79.9. The van der Waals surface area contributed by atoms with E-state index in [4.69, 9.17) is 0 Å². The van der Waals surface area contributed by atoms with E-state index in [9.17, 15) is 13.9 Å². The van der Waals surface area contributed by atoms with Crippen LogP contribution < -0.4 is 0 Å². The van der Waals surface area contributed by atoms with Gasteiger partial charge in [-0.15, -0.1) is 0 Å². The third kappa shape index (κ3) is 2.75. The molecule has 0 aromatic heterocycles. The zero-order chi connectivity index (χ0) is 12.5. The van der Waals surface area contributed by atoms with E-state index in [1.165, 1.54) is 12.1 Å². The maximum Gasteiger partial charge on any atom is 0.143 e. The number of benzene rings is 1. The van der Waals surface area contributed by atoms with Crippen molar-refractivity contribution in [3.8, 4) is 0 Å². The van der Waals surface area contributed by atoms with Gasteiger partial charge in [-0.25, -0.2) is 8.78 Å². The van der Waals surface area contributed by atoms with Gasteiger partial charge in [0.25, 0.3) is 0 Å². The summed E-state index contributed by atoms with van der Waals surface area (Å²) in [5, 5.41) is 10.2. The van der Waals surface area contributed by atoms with Crippen molar-refractivity contribution < 1.29 is 13.9 Å². The van der Waals surface area contributed by atoms with Gasteiger partial charge in [0.2, 0.25) is 0 Å². The molecule has 1 aliphatic rings. The highest BCUT2D eigenvalue weighted by Crippen LogP contribution is 2.30. The standard InChI is InChI=1S/C13H13BrF2O/c14-10-4-5-11(15)9(12(10)16)8-13(17)6-2-1-3-7-13/h2,4-6,17H,1,3,7-8H2. The molecule has 0 saturated heterocycles. The molecule has 17 heavy (non-hydrogen) atoms. The zero-order valence-corrected chi connectivity index (χ0v) is 10.8. The van der Waals surface area contributed by atoms with E-state index in [0.717, 1.165) is 12.8 Å². The Morgan fingerprint density at radius 1 is 1.35 bits per heavy atom. The van der Waals surface area contributed by atoms with Gasteiger partial charge in [-0.2, -0.15) is 0 Å². The fourth-order valence-corrected chi connectivity index (χ4v) is 2.47. The third-order valence-corrected chi connectivity index (χ3v) is 3.64. The van der Waals surface area contributed by atoms with Gasteiger partial charge in [-0.1, -0.05) is 12.2 Å². The van der Waals surface area contributed by atoms with Crippen LogP contribution in [0, 0.1) is 11.6 Å². The number of aliphatic hydroxyl groups is 1. The maximum atomic E-state index is 13.8. The molecule has 92 valence electrons. The number of hydrogen-bond donors (Lipinski definition) is 1. The van der Waals surface area contributed by atoms with E-state index >= 15 is 0 Å². The van der Waals surface area contributed by atoms with E-state index in [1.807, 2.05) is 6.08 Å². The molecule has 0 radical (unpaired) electrons. The lowest BCUT2D eigenvalue weighted by atomic mass is 9.85. The van der Waals surface area contributed by atoms with Crippen molar-refractivity contribution in [1.29, 1.82) is 0 Å². The van der Waals surface area contributed by atoms with E-state index in [0.29, 0.717) is 6.42 Å². The fraction of sp³-hybridized carbons (Fsp3) is 0.385. The van der Waals surface area contributed by atoms with Crippen LogP contribution in [-0.2, 0) is 6.42 Å². The normalized spacial score (nSPS) is 24.0. The molecule has 0 aliphatic heterocycles. The molecule has 1 aromatic rings. The fourth-order valence-electron chi connectivity index (χ4n) is 2.10. The third-order valence-electron chi connectivity index (χ3n) is 3.03. The van der Waals surface area contributed by atoms with Crippen LogP contribution in [0.4, 0.5) is 8.78 Å². The molecule has 1 N–H and O–H groups in total. The number of rotatable bonds is 2. The van der Waals surface area contributed by atoms with Gasteiger partial charge in [0.05, 0.1) is 10.1 Å². The molecule has 1 atom stereocenters. The predicted octanol–water partition coefficient (Wildman–Crippen LogP) is 3.74. The van der Waals surface area contributed by atoms with E-state index in [1.54, 1.807) is 6.08 Å². The van der Waals surface area contributed by atoms with Crippen molar-refractivity contribution >= 4 is 15.9 Å². The van der Waals surface area contributed by atoms with Crippen LogP contribution in [-0.4, -0.2) is 10.7 Å². The van der Waals surface area contributed by atoms with E-state index < -0.39 is 17.2 Å². The molecular formula is C13H13BrF2O. The van der Waals surface area contributed by atoms with Crippen molar-refractivity contribution in [2.45, 2.75) is 31.3 Å². The molecule has 1 aromatic carbocycles. The van der Waals surface area contributed by atoms with E-state index in [2.05, 4.69) is 15.9 Å². The molecule has 0 saturated carbocycles. The van der Waals surface area contributed by atoms with Gasteiger partial charge in [0.1, 0.15) is 11.6 Å². The van der Waals surface area contributed by atoms with Gasteiger partial charge in [-0.05, 0) is 47.3 Å². The average Bonchev–Trinajstić information content (AvgIpc) is 2.31. The van der Waals surface area contributed by atoms with Gasteiger partial charge >= 0.3 is 0 Å². The summed E-state index contributed by atoms with van der Waals surface area (Å²) in [6, 6.07) is 2.54. The first-order valence-corrected chi connectivity index (χ1v) is 6.34. The summed E-state index contributed by atoms with van der Waals surface area (Å²) < 4.78 is 27.5. The van der Waals surface area contributed by atoms with Gasteiger partial charge in [0.15, 0.2) is 0 Å². The molecular weight excluding hydrogens is 290 g/mol. The Labute approximate surface area is 107 Å². The second-order valence-corrected chi connectivity index (χ2v) is 5.25. The summed E-state index contributed by atoms with van der Waals surface area (Å²) in [6.07, 6.45) is 5.76. The number of halogens is 3.